The third-order valence-corrected chi connectivity index (χ3v) is 6.64. The Morgan fingerprint density at radius 3 is 2.09 bits per heavy atom. The molecule has 0 unspecified atom stereocenters. The lowest BCUT2D eigenvalue weighted by molar-refractivity contribution is 0.0697. The molecule has 1 aliphatic carbocycles. The molecule has 1 aliphatic rings. The Labute approximate surface area is 195 Å². The average molecular weight is 434 g/mol. The number of carbonyl (C=O) groups is 1. The summed E-state index contributed by atoms with van der Waals surface area (Å²) in [6.07, 6.45) is 0. The Morgan fingerprint density at radius 2 is 1.36 bits per heavy atom. The highest BCUT2D eigenvalue weighted by Gasteiger charge is 2.35. The molecule has 4 aromatic carbocycles. The Kier molecular flexibility index (Phi) is 4.86. The quantitative estimate of drug-likeness (QED) is 0.357. The second kappa shape index (κ2) is 7.63. The number of fused-ring (bicyclic) bond motifs is 3. The summed E-state index contributed by atoms with van der Waals surface area (Å²) in [5.74, 6) is -0.928. The van der Waals surface area contributed by atoms with Gasteiger partial charge in [-0.05, 0) is 89.7 Å². The Balaban J connectivity index is 1.73. The van der Waals surface area contributed by atoms with Gasteiger partial charge in [0.15, 0.2) is 0 Å². The van der Waals surface area contributed by atoms with Crippen molar-refractivity contribution in [3.05, 3.63) is 113 Å². The van der Waals surface area contributed by atoms with E-state index in [4.69, 9.17) is 0 Å². The fourth-order valence-corrected chi connectivity index (χ4v) is 5.14. The maximum Gasteiger partial charge on any atom is 0.335 e. The summed E-state index contributed by atoms with van der Waals surface area (Å²) in [5, 5.41) is 9.60. The predicted molar refractivity (Wildman–Crippen MR) is 135 cm³/mol. The molecule has 0 bridgehead atoms. The first kappa shape index (κ1) is 21.0. The zero-order valence-corrected chi connectivity index (χ0v) is 19.4. The van der Waals surface area contributed by atoms with Crippen molar-refractivity contribution in [2.24, 2.45) is 0 Å². The van der Waals surface area contributed by atoms with Crippen LogP contribution in [0.25, 0.3) is 11.1 Å². The maximum absolute atomic E-state index is 11.7. The van der Waals surface area contributed by atoms with Crippen LogP contribution in [0.4, 0.5) is 17.1 Å². The third-order valence-electron chi connectivity index (χ3n) is 6.64. The van der Waals surface area contributed by atoms with E-state index in [2.05, 4.69) is 93.3 Å². The van der Waals surface area contributed by atoms with Gasteiger partial charge in [0.2, 0.25) is 0 Å². The maximum atomic E-state index is 11.7. The van der Waals surface area contributed by atoms with Gasteiger partial charge in [-0.25, -0.2) is 4.79 Å². The summed E-state index contributed by atoms with van der Waals surface area (Å²) in [5.41, 5.74) is 10.5. The molecule has 3 nitrogen and oxygen atoms in total. The first-order valence-corrected chi connectivity index (χ1v) is 11.2. The zero-order chi connectivity index (χ0) is 23.3. The zero-order valence-electron chi connectivity index (χ0n) is 19.4. The number of carboxylic acid groups (broad SMARTS) is 1. The summed E-state index contributed by atoms with van der Waals surface area (Å²) >= 11 is 0. The molecule has 5 rings (SSSR count). The lowest BCUT2D eigenvalue weighted by Gasteiger charge is -2.28. The lowest BCUT2D eigenvalue weighted by Crippen LogP contribution is -2.16. The fraction of sp³-hybridized carbons (Fsp3) is 0.167. The van der Waals surface area contributed by atoms with E-state index in [1.165, 1.54) is 33.4 Å². The van der Waals surface area contributed by atoms with Crippen LogP contribution in [0, 0.1) is 13.8 Å². The molecule has 0 heterocycles. The molecule has 0 radical (unpaired) electrons. The first-order chi connectivity index (χ1) is 15.8. The fourth-order valence-electron chi connectivity index (χ4n) is 5.14. The van der Waals surface area contributed by atoms with E-state index in [0.29, 0.717) is 0 Å². The van der Waals surface area contributed by atoms with Crippen molar-refractivity contribution >= 4 is 23.0 Å². The van der Waals surface area contributed by atoms with E-state index in [1.807, 2.05) is 12.1 Å². The first-order valence-electron chi connectivity index (χ1n) is 11.2. The van der Waals surface area contributed by atoms with Gasteiger partial charge >= 0.3 is 5.97 Å². The molecule has 0 aliphatic heterocycles. The van der Waals surface area contributed by atoms with Gasteiger partial charge in [-0.3, -0.25) is 0 Å². The van der Waals surface area contributed by atoms with Crippen LogP contribution in [0.1, 0.15) is 46.5 Å². The largest absolute Gasteiger partial charge is 0.478 e. The molecule has 4 aromatic rings. The standard InChI is InChI=1S/C30H27NO2/c1-19-14-20(2)16-24(15-19)31(22-9-7-8-21(17-22)29(32)33)23-12-13-26-25-10-5-6-11-27(25)30(3,4)28(26)18-23/h5-18H,1-4H3,(H,32,33). The van der Waals surface area contributed by atoms with Gasteiger partial charge in [0.05, 0.1) is 5.56 Å². The molecule has 0 aromatic heterocycles. The van der Waals surface area contributed by atoms with Crippen molar-refractivity contribution in [2.45, 2.75) is 33.1 Å². The Bertz CT molecular complexity index is 1380. The van der Waals surface area contributed by atoms with Crippen molar-refractivity contribution in [3.8, 4) is 11.1 Å². The number of benzene rings is 4. The molecule has 0 amide bonds. The number of carboxylic acids is 1. The molecule has 0 atom stereocenters. The van der Waals surface area contributed by atoms with Crippen LogP contribution < -0.4 is 4.90 Å². The van der Waals surface area contributed by atoms with Gasteiger partial charge in [-0.15, -0.1) is 0 Å². The molecule has 0 spiro atoms. The molecule has 164 valence electrons. The van der Waals surface area contributed by atoms with E-state index in [9.17, 15) is 9.90 Å². The summed E-state index contributed by atoms with van der Waals surface area (Å²) in [6, 6.07) is 28.8. The summed E-state index contributed by atoms with van der Waals surface area (Å²) in [7, 11) is 0. The highest BCUT2D eigenvalue weighted by atomic mass is 16.4. The van der Waals surface area contributed by atoms with Crippen molar-refractivity contribution in [3.63, 3.8) is 0 Å². The van der Waals surface area contributed by atoms with E-state index >= 15 is 0 Å². The smallest absolute Gasteiger partial charge is 0.335 e. The topological polar surface area (TPSA) is 40.5 Å². The van der Waals surface area contributed by atoms with Crippen molar-refractivity contribution in [2.75, 3.05) is 4.90 Å². The summed E-state index contributed by atoms with van der Waals surface area (Å²) in [6.45, 7) is 8.72. The molecular weight excluding hydrogens is 406 g/mol. The summed E-state index contributed by atoms with van der Waals surface area (Å²) in [4.78, 5) is 13.9. The van der Waals surface area contributed by atoms with Crippen molar-refractivity contribution in [1.82, 2.24) is 0 Å². The number of hydrogen-bond donors (Lipinski definition) is 1. The van der Waals surface area contributed by atoms with Gasteiger partial charge in [-0.2, -0.15) is 0 Å². The second-order valence-electron chi connectivity index (χ2n) is 9.44. The van der Waals surface area contributed by atoms with E-state index in [0.717, 1.165) is 17.1 Å². The summed E-state index contributed by atoms with van der Waals surface area (Å²) < 4.78 is 0. The Hall–Kier alpha value is -3.85. The molecular formula is C30H27NO2. The number of aryl methyl sites for hydroxylation is 2. The molecule has 1 N–H and O–H groups in total. The predicted octanol–water partition coefficient (Wildman–Crippen LogP) is 7.78. The minimum atomic E-state index is -0.928. The minimum absolute atomic E-state index is 0.112. The van der Waals surface area contributed by atoms with Crippen molar-refractivity contribution in [1.29, 1.82) is 0 Å². The number of hydrogen-bond acceptors (Lipinski definition) is 2. The number of anilines is 3. The van der Waals surface area contributed by atoms with Gasteiger partial charge in [-0.1, -0.05) is 56.3 Å². The van der Waals surface area contributed by atoms with E-state index in [-0.39, 0.29) is 11.0 Å². The molecule has 3 heteroatoms. The Morgan fingerprint density at radius 1 is 0.697 bits per heavy atom. The van der Waals surface area contributed by atoms with Crippen molar-refractivity contribution < 1.29 is 9.90 Å². The van der Waals surface area contributed by atoms with Crippen LogP contribution in [0.15, 0.2) is 84.9 Å². The number of rotatable bonds is 4. The second-order valence-corrected chi connectivity index (χ2v) is 9.44. The van der Waals surface area contributed by atoms with Gasteiger partial charge < -0.3 is 10.0 Å². The highest BCUT2D eigenvalue weighted by molar-refractivity contribution is 5.91. The van der Waals surface area contributed by atoms with E-state index < -0.39 is 5.97 Å². The molecule has 0 fully saturated rings. The van der Waals surface area contributed by atoms with Crippen LogP contribution in [0.3, 0.4) is 0 Å². The van der Waals surface area contributed by atoms with Crippen LogP contribution in [0.2, 0.25) is 0 Å². The normalized spacial score (nSPS) is 13.3. The SMILES string of the molecule is Cc1cc(C)cc(N(c2cccc(C(=O)O)c2)c2ccc3c(c2)C(C)(C)c2ccccc2-3)c1. The molecule has 0 saturated heterocycles. The van der Waals surface area contributed by atoms with Crippen LogP contribution in [-0.4, -0.2) is 11.1 Å². The van der Waals surface area contributed by atoms with Crippen LogP contribution in [-0.2, 0) is 5.41 Å². The van der Waals surface area contributed by atoms with Gasteiger partial charge in [0.25, 0.3) is 0 Å². The number of nitrogens with zero attached hydrogens (tertiary/aromatic N) is 1. The van der Waals surface area contributed by atoms with Crippen LogP contribution in [0.5, 0.6) is 0 Å². The minimum Gasteiger partial charge on any atom is -0.478 e. The monoisotopic (exact) mass is 433 g/mol. The van der Waals surface area contributed by atoms with Gasteiger partial charge in [0.1, 0.15) is 0 Å². The van der Waals surface area contributed by atoms with E-state index in [1.54, 1.807) is 12.1 Å². The molecule has 0 saturated carbocycles. The average Bonchev–Trinajstić information content (AvgIpc) is 3.01. The highest BCUT2D eigenvalue weighted by Crippen LogP contribution is 2.50. The number of aromatic carboxylic acids is 1. The third kappa shape index (κ3) is 3.50. The molecule has 33 heavy (non-hydrogen) atoms. The van der Waals surface area contributed by atoms with Crippen LogP contribution >= 0.6 is 0 Å². The van der Waals surface area contributed by atoms with Gasteiger partial charge in [0, 0.05) is 22.5 Å². The lowest BCUT2D eigenvalue weighted by atomic mass is 9.82.